The predicted molar refractivity (Wildman–Crippen MR) is 99.3 cm³/mol. The molecule has 0 saturated carbocycles. The Morgan fingerprint density at radius 2 is 1.72 bits per heavy atom. The molecule has 2 rings (SSSR count). The number of carbonyl (C=O) groups is 1. The fraction of sp³-hybridized carbons (Fsp3) is 0.316. The molecule has 1 amide bonds. The lowest BCUT2D eigenvalue weighted by molar-refractivity contribution is 0.102. The van der Waals surface area contributed by atoms with Crippen LogP contribution in [0.2, 0.25) is 0 Å². The maximum atomic E-state index is 12.6. The van der Waals surface area contributed by atoms with Crippen LogP contribution < -0.4 is 5.32 Å². The van der Waals surface area contributed by atoms with Crippen molar-refractivity contribution in [1.29, 1.82) is 0 Å². The second-order valence-electron chi connectivity index (χ2n) is 5.49. The number of benzene rings is 2. The van der Waals surface area contributed by atoms with Crippen molar-refractivity contribution < 1.29 is 13.6 Å². The Labute approximate surface area is 151 Å². The first kappa shape index (κ1) is 19.4. The van der Waals surface area contributed by atoms with E-state index in [1.807, 2.05) is 12.1 Å². The summed E-state index contributed by atoms with van der Waals surface area (Å²) in [6.45, 7) is 7.00. The second-order valence-corrected chi connectivity index (χ2v) is 6.52. The van der Waals surface area contributed by atoms with Crippen molar-refractivity contribution in [3.63, 3.8) is 0 Å². The van der Waals surface area contributed by atoms with Crippen LogP contribution in [0.4, 0.5) is 14.5 Å². The van der Waals surface area contributed by atoms with Crippen molar-refractivity contribution in [2.75, 3.05) is 18.4 Å². The highest BCUT2D eigenvalue weighted by Crippen LogP contribution is 2.31. The predicted octanol–water partition coefficient (Wildman–Crippen LogP) is 5.10. The van der Waals surface area contributed by atoms with E-state index in [0.29, 0.717) is 27.9 Å². The number of alkyl halides is 2. The van der Waals surface area contributed by atoms with Crippen molar-refractivity contribution in [2.24, 2.45) is 0 Å². The molecule has 0 aliphatic heterocycles. The van der Waals surface area contributed by atoms with Gasteiger partial charge in [0.25, 0.3) is 11.7 Å². The molecule has 1 N–H and O–H groups in total. The Kier molecular flexibility index (Phi) is 7.40. The number of rotatable bonds is 8. The summed E-state index contributed by atoms with van der Waals surface area (Å²) < 4.78 is 25.2. The van der Waals surface area contributed by atoms with Gasteiger partial charge in [-0.15, -0.1) is 0 Å². The van der Waals surface area contributed by atoms with Gasteiger partial charge in [-0.2, -0.15) is 8.78 Å². The Hall–Kier alpha value is -1.92. The highest BCUT2D eigenvalue weighted by molar-refractivity contribution is 7.99. The third-order valence-electron chi connectivity index (χ3n) is 3.87. The van der Waals surface area contributed by atoms with Gasteiger partial charge in [-0.3, -0.25) is 9.69 Å². The van der Waals surface area contributed by atoms with Crippen molar-refractivity contribution in [1.82, 2.24) is 4.90 Å². The van der Waals surface area contributed by atoms with Crippen LogP contribution in [-0.2, 0) is 6.54 Å². The van der Waals surface area contributed by atoms with E-state index in [4.69, 9.17) is 0 Å². The van der Waals surface area contributed by atoms with E-state index < -0.39 is 5.76 Å². The Bertz CT molecular complexity index is 688. The van der Waals surface area contributed by atoms with Crippen molar-refractivity contribution >= 4 is 23.4 Å². The first-order chi connectivity index (χ1) is 12.0. The molecule has 0 bridgehead atoms. The lowest BCUT2D eigenvalue weighted by Crippen LogP contribution is -2.22. The topological polar surface area (TPSA) is 32.3 Å². The maximum Gasteiger partial charge on any atom is 0.288 e. The van der Waals surface area contributed by atoms with Gasteiger partial charge in [0.15, 0.2) is 0 Å². The summed E-state index contributed by atoms with van der Waals surface area (Å²) in [5.74, 6) is -2.84. The van der Waals surface area contributed by atoms with Gasteiger partial charge in [0.05, 0.1) is 5.69 Å². The van der Waals surface area contributed by atoms with E-state index in [2.05, 4.69) is 24.1 Å². The first-order valence-corrected chi connectivity index (χ1v) is 9.08. The molecule has 134 valence electrons. The molecule has 0 atom stereocenters. The molecule has 0 aromatic heterocycles. The van der Waals surface area contributed by atoms with Gasteiger partial charge in [0.1, 0.15) is 0 Å². The third-order valence-corrected chi connectivity index (χ3v) is 4.66. The van der Waals surface area contributed by atoms with Crippen molar-refractivity contribution in [3.05, 3.63) is 59.7 Å². The number of thioether (sulfide) groups is 1. The van der Waals surface area contributed by atoms with Gasteiger partial charge in [-0.05, 0) is 42.9 Å². The Morgan fingerprint density at radius 3 is 2.32 bits per heavy atom. The number of para-hydroxylation sites is 1. The maximum absolute atomic E-state index is 12.6. The summed E-state index contributed by atoms with van der Waals surface area (Å²) in [5.41, 5.74) is 2.03. The zero-order valence-electron chi connectivity index (χ0n) is 14.3. The number of carbonyl (C=O) groups excluding carboxylic acids is 1. The van der Waals surface area contributed by atoms with E-state index in [9.17, 15) is 13.6 Å². The minimum absolute atomic E-state index is 0.309. The second kappa shape index (κ2) is 9.53. The number of nitrogens with zero attached hydrogens (tertiary/aromatic N) is 1. The van der Waals surface area contributed by atoms with Crippen LogP contribution in [0.15, 0.2) is 53.4 Å². The molecule has 0 saturated heterocycles. The molecule has 0 aliphatic carbocycles. The monoisotopic (exact) mass is 364 g/mol. The minimum Gasteiger partial charge on any atom is -0.321 e. The van der Waals surface area contributed by atoms with Gasteiger partial charge in [-0.1, -0.05) is 49.9 Å². The summed E-state index contributed by atoms with van der Waals surface area (Å²) in [6.07, 6.45) is 0. The van der Waals surface area contributed by atoms with E-state index in [1.54, 1.807) is 36.4 Å². The standard InChI is InChI=1S/C19H22F2N2OS/c1-3-23(4-2)13-14-9-11-15(12-10-14)18(24)22-16-7-5-6-8-17(16)25-19(20)21/h5-12,19H,3-4,13H2,1-2H3,(H,22,24). The van der Waals surface area contributed by atoms with Crippen molar-refractivity contribution in [3.8, 4) is 0 Å². The lowest BCUT2D eigenvalue weighted by atomic mass is 10.1. The number of nitrogens with one attached hydrogen (secondary N) is 1. The minimum atomic E-state index is -2.53. The zero-order chi connectivity index (χ0) is 18.2. The molecule has 0 fully saturated rings. The quantitative estimate of drug-likeness (QED) is 0.662. The van der Waals surface area contributed by atoms with Gasteiger partial charge >= 0.3 is 0 Å². The smallest absolute Gasteiger partial charge is 0.288 e. The fourth-order valence-corrected chi connectivity index (χ4v) is 3.03. The summed E-state index contributed by atoms with van der Waals surface area (Å²) in [6, 6.07) is 13.9. The fourth-order valence-electron chi connectivity index (χ4n) is 2.43. The highest BCUT2D eigenvalue weighted by Gasteiger charge is 2.13. The average Bonchev–Trinajstić information content (AvgIpc) is 2.61. The summed E-state index contributed by atoms with van der Waals surface area (Å²) >= 11 is 0.423. The molecule has 0 heterocycles. The SMILES string of the molecule is CCN(CC)Cc1ccc(C(=O)Nc2ccccc2SC(F)F)cc1. The van der Waals surface area contributed by atoms with Crippen LogP contribution in [0.25, 0.3) is 0 Å². The van der Waals surface area contributed by atoms with Crippen LogP contribution in [0.5, 0.6) is 0 Å². The highest BCUT2D eigenvalue weighted by atomic mass is 32.2. The van der Waals surface area contributed by atoms with Crippen molar-refractivity contribution in [2.45, 2.75) is 31.0 Å². The molecule has 2 aromatic rings. The third kappa shape index (κ3) is 5.83. The number of hydrogen-bond acceptors (Lipinski definition) is 3. The molecule has 2 aromatic carbocycles. The molecule has 0 radical (unpaired) electrons. The van der Waals surface area contributed by atoms with Gasteiger partial charge in [0.2, 0.25) is 0 Å². The van der Waals surface area contributed by atoms with Crippen LogP contribution in [0.3, 0.4) is 0 Å². The zero-order valence-corrected chi connectivity index (χ0v) is 15.2. The normalized spacial score (nSPS) is 11.1. The van der Waals surface area contributed by atoms with Gasteiger partial charge in [-0.25, -0.2) is 0 Å². The van der Waals surface area contributed by atoms with E-state index in [1.165, 1.54) is 0 Å². The van der Waals surface area contributed by atoms with E-state index in [-0.39, 0.29) is 5.91 Å². The van der Waals surface area contributed by atoms with E-state index in [0.717, 1.165) is 25.2 Å². The molecule has 0 aliphatic rings. The summed E-state index contributed by atoms with van der Waals surface area (Å²) in [4.78, 5) is 15.0. The molecule has 3 nitrogen and oxygen atoms in total. The van der Waals surface area contributed by atoms with Crippen LogP contribution >= 0.6 is 11.8 Å². The Balaban J connectivity index is 2.06. The number of hydrogen-bond donors (Lipinski definition) is 1. The molecular weight excluding hydrogens is 342 g/mol. The molecule has 6 heteroatoms. The molecule has 0 unspecified atom stereocenters. The van der Waals surface area contributed by atoms with Crippen LogP contribution in [0, 0.1) is 0 Å². The van der Waals surface area contributed by atoms with Crippen LogP contribution in [0.1, 0.15) is 29.8 Å². The molecule has 25 heavy (non-hydrogen) atoms. The average molecular weight is 364 g/mol. The van der Waals surface area contributed by atoms with Gasteiger partial charge in [0, 0.05) is 17.0 Å². The number of halogens is 2. The van der Waals surface area contributed by atoms with E-state index >= 15 is 0 Å². The summed E-state index contributed by atoms with van der Waals surface area (Å²) in [7, 11) is 0. The molecular formula is C19H22F2N2OS. The summed E-state index contributed by atoms with van der Waals surface area (Å²) in [5, 5.41) is 2.71. The van der Waals surface area contributed by atoms with Gasteiger partial charge < -0.3 is 5.32 Å². The number of amides is 1. The molecule has 0 spiro atoms. The Morgan fingerprint density at radius 1 is 1.08 bits per heavy atom. The first-order valence-electron chi connectivity index (χ1n) is 8.20. The number of anilines is 1. The lowest BCUT2D eigenvalue weighted by Gasteiger charge is -2.18. The van der Waals surface area contributed by atoms with Crippen LogP contribution in [-0.4, -0.2) is 29.7 Å². The largest absolute Gasteiger partial charge is 0.321 e.